The third kappa shape index (κ3) is 9.37. The number of nitro benzene ring substituents is 1. The van der Waals surface area contributed by atoms with Gasteiger partial charge in [0, 0.05) is 39.8 Å². The molecule has 0 bridgehead atoms. The number of hydrogen-bond acceptors (Lipinski definition) is 10. The smallest absolute Gasteiger partial charge is 0.272 e. The van der Waals surface area contributed by atoms with Crippen molar-refractivity contribution in [1.29, 1.82) is 0 Å². The number of aromatic nitrogens is 2. The first-order valence-electron chi connectivity index (χ1n) is 14.5. The number of nitrogens with one attached hydrogen (secondary N) is 3. The van der Waals surface area contributed by atoms with Gasteiger partial charge in [-0.05, 0) is 71.5 Å². The molecule has 4 aromatic carbocycles. The lowest BCUT2D eigenvalue weighted by Crippen LogP contribution is -2.30. The maximum atomic E-state index is 13.4. The van der Waals surface area contributed by atoms with E-state index in [1.807, 2.05) is 37.3 Å². The van der Waals surface area contributed by atoms with Crippen molar-refractivity contribution in [3.63, 3.8) is 0 Å². The summed E-state index contributed by atoms with van der Waals surface area (Å²) in [4.78, 5) is 55.5. The van der Waals surface area contributed by atoms with Crippen LogP contribution in [0, 0.1) is 10.1 Å². The second kappa shape index (κ2) is 16.5. The Morgan fingerprint density at radius 1 is 0.896 bits per heavy atom. The molecule has 0 spiro atoms. The van der Waals surface area contributed by atoms with Gasteiger partial charge in [0.05, 0.1) is 4.92 Å². The molecule has 0 aliphatic rings. The fourth-order valence-electron chi connectivity index (χ4n) is 4.27. The molecule has 3 N–H and O–H groups in total. The van der Waals surface area contributed by atoms with Gasteiger partial charge in [-0.3, -0.25) is 29.8 Å². The topological polar surface area (TPSA) is 156 Å². The van der Waals surface area contributed by atoms with Crippen LogP contribution in [0.15, 0.2) is 125 Å². The first-order chi connectivity index (χ1) is 23.3. The molecule has 5 rings (SSSR count). The van der Waals surface area contributed by atoms with Gasteiger partial charge in [-0.15, -0.1) is 11.8 Å². The molecular weight excluding hydrogens is 669 g/mol. The van der Waals surface area contributed by atoms with Crippen molar-refractivity contribution in [2.75, 3.05) is 16.4 Å². The molecule has 0 saturated heterocycles. The summed E-state index contributed by atoms with van der Waals surface area (Å²) < 4.78 is 4.27. The van der Waals surface area contributed by atoms with Crippen LogP contribution in [0.4, 0.5) is 16.5 Å². The zero-order valence-electron chi connectivity index (χ0n) is 25.4. The molecule has 0 radical (unpaired) electrons. The SMILES string of the molecule is CCSc1nsc(NC(=O)C(Sc2ccc(NC(=O)/C(=C/c3ccc([N+](=O)[O-])cc3)NC(=O)c3ccccc3)cc2)c2ccccc2)n1. The van der Waals surface area contributed by atoms with E-state index in [0.717, 1.165) is 27.7 Å². The van der Waals surface area contributed by atoms with Crippen LogP contribution in [0.25, 0.3) is 6.08 Å². The number of benzene rings is 4. The minimum absolute atomic E-state index is 0.0610. The van der Waals surface area contributed by atoms with Crippen LogP contribution in [0.5, 0.6) is 0 Å². The van der Waals surface area contributed by atoms with Crippen LogP contribution in [0.1, 0.15) is 33.7 Å². The summed E-state index contributed by atoms with van der Waals surface area (Å²) in [6, 6.07) is 30.4. The molecule has 3 amide bonds. The predicted octanol–water partition coefficient (Wildman–Crippen LogP) is 7.44. The maximum Gasteiger partial charge on any atom is 0.272 e. The van der Waals surface area contributed by atoms with Crippen molar-refractivity contribution in [3.05, 3.63) is 142 Å². The van der Waals surface area contributed by atoms with Crippen LogP contribution >= 0.6 is 35.1 Å². The quantitative estimate of drug-likeness (QED) is 0.0493. The molecule has 11 nitrogen and oxygen atoms in total. The summed E-state index contributed by atoms with van der Waals surface area (Å²) in [5.41, 5.74) is 1.92. The Labute approximate surface area is 288 Å². The molecule has 1 aromatic heterocycles. The monoisotopic (exact) mass is 696 g/mol. The van der Waals surface area contributed by atoms with Crippen molar-refractivity contribution >= 4 is 75.4 Å². The first kappa shape index (κ1) is 34.0. The Hall–Kier alpha value is -5.31. The summed E-state index contributed by atoms with van der Waals surface area (Å²) in [6.45, 7) is 2.00. The highest BCUT2D eigenvalue weighted by Gasteiger charge is 2.24. The van der Waals surface area contributed by atoms with Crippen molar-refractivity contribution in [2.45, 2.75) is 22.2 Å². The van der Waals surface area contributed by atoms with E-state index in [-0.39, 0.29) is 17.3 Å². The Balaban J connectivity index is 1.32. The van der Waals surface area contributed by atoms with Gasteiger partial charge in [0.2, 0.25) is 16.2 Å². The third-order valence-electron chi connectivity index (χ3n) is 6.56. The molecule has 1 atom stereocenters. The normalized spacial score (nSPS) is 11.7. The van der Waals surface area contributed by atoms with Gasteiger partial charge in [0.25, 0.3) is 17.5 Å². The summed E-state index contributed by atoms with van der Waals surface area (Å²) in [5.74, 6) is -0.520. The predicted molar refractivity (Wildman–Crippen MR) is 190 cm³/mol. The van der Waals surface area contributed by atoms with Gasteiger partial charge in [0.15, 0.2) is 0 Å². The molecule has 0 fully saturated rings. The van der Waals surface area contributed by atoms with E-state index in [1.54, 1.807) is 54.6 Å². The molecule has 0 aliphatic carbocycles. The largest absolute Gasteiger partial charge is 0.321 e. The summed E-state index contributed by atoms with van der Waals surface area (Å²) in [6.07, 6.45) is 1.44. The Morgan fingerprint density at radius 3 is 2.21 bits per heavy atom. The third-order valence-corrected chi connectivity index (χ3v) is 9.30. The van der Waals surface area contributed by atoms with Crippen LogP contribution in [-0.2, 0) is 9.59 Å². The molecule has 0 saturated carbocycles. The number of non-ortho nitro benzene ring substituents is 1. The fraction of sp³-hybridized carbons (Fsp3) is 0.0882. The van der Waals surface area contributed by atoms with E-state index in [2.05, 4.69) is 25.3 Å². The summed E-state index contributed by atoms with van der Waals surface area (Å²) in [5, 5.41) is 19.9. The number of nitrogens with zero attached hydrogens (tertiary/aromatic N) is 3. The number of amides is 3. The molecule has 1 heterocycles. The number of rotatable bonds is 13. The molecule has 0 aliphatic heterocycles. The number of carbonyl (C=O) groups is 3. The van der Waals surface area contributed by atoms with E-state index in [4.69, 9.17) is 0 Å². The van der Waals surface area contributed by atoms with Gasteiger partial charge in [0.1, 0.15) is 10.9 Å². The number of nitro groups is 1. The van der Waals surface area contributed by atoms with Crippen molar-refractivity contribution in [2.24, 2.45) is 0 Å². The van der Waals surface area contributed by atoms with Crippen LogP contribution in [0.3, 0.4) is 0 Å². The van der Waals surface area contributed by atoms with E-state index < -0.39 is 22.0 Å². The highest BCUT2D eigenvalue weighted by Crippen LogP contribution is 2.37. The zero-order valence-corrected chi connectivity index (χ0v) is 27.8. The maximum absolute atomic E-state index is 13.4. The van der Waals surface area contributed by atoms with Gasteiger partial charge in [-0.25, -0.2) is 0 Å². The Bertz CT molecular complexity index is 1920. The van der Waals surface area contributed by atoms with Crippen molar-refractivity contribution < 1.29 is 19.3 Å². The molecule has 5 aromatic rings. The minimum Gasteiger partial charge on any atom is -0.321 e. The minimum atomic E-state index is -0.600. The summed E-state index contributed by atoms with van der Waals surface area (Å²) >= 11 is 3.97. The number of thioether (sulfide) groups is 2. The van der Waals surface area contributed by atoms with Gasteiger partial charge in [-0.2, -0.15) is 9.36 Å². The lowest BCUT2D eigenvalue weighted by Gasteiger charge is -2.16. The lowest BCUT2D eigenvalue weighted by molar-refractivity contribution is -0.384. The Kier molecular flexibility index (Phi) is 11.7. The fourth-order valence-corrected chi connectivity index (χ4v) is 6.57. The highest BCUT2D eigenvalue weighted by molar-refractivity contribution is 8.00. The van der Waals surface area contributed by atoms with Crippen LogP contribution < -0.4 is 16.0 Å². The first-order valence-corrected chi connectivity index (χ1v) is 17.2. The number of anilines is 2. The highest BCUT2D eigenvalue weighted by atomic mass is 32.2. The lowest BCUT2D eigenvalue weighted by atomic mass is 10.1. The standard InChI is InChI=1S/C34H28N6O5S3/c1-2-46-34-38-33(48-39-34)37-32(43)29(23-9-5-3-6-10-23)47-27-19-15-25(16-20-27)35-31(42)28(36-30(41)24-11-7-4-8-12-24)21-22-13-17-26(18-14-22)40(44)45/h3-21,29H,2H2,1H3,(H,35,42)(H,36,41)(H,37,38,39,43)/b28-21-. The van der Waals surface area contributed by atoms with Crippen LogP contribution in [-0.4, -0.2) is 37.8 Å². The van der Waals surface area contributed by atoms with E-state index in [1.165, 1.54) is 53.9 Å². The van der Waals surface area contributed by atoms with E-state index in [9.17, 15) is 24.5 Å². The van der Waals surface area contributed by atoms with Gasteiger partial charge < -0.3 is 10.6 Å². The van der Waals surface area contributed by atoms with E-state index >= 15 is 0 Å². The van der Waals surface area contributed by atoms with Crippen molar-refractivity contribution in [1.82, 2.24) is 14.7 Å². The van der Waals surface area contributed by atoms with Crippen molar-refractivity contribution in [3.8, 4) is 0 Å². The molecule has 14 heteroatoms. The van der Waals surface area contributed by atoms with Gasteiger partial charge in [-0.1, -0.05) is 67.2 Å². The summed E-state index contributed by atoms with van der Waals surface area (Å²) in [7, 11) is 0. The van der Waals surface area contributed by atoms with E-state index in [0.29, 0.717) is 27.1 Å². The second-order valence-electron chi connectivity index (χ2n) is 9.92. The number of hydrogen-bond donors (Lipinski definition) is 3. The second-order valence-corrected chi connectivity index (χ2v) is 13.1. The molecular formula is C34H28N6O5S3. The average molecular weight is 697 g/mol. The van der Waals surface area contributed by atoms with Gasteiger partial charge >= 0.3 is 0 Å². The zero-order chi connectivity index (χ0) is 33.9. The number of carbonyl (C=O) groups excluding carboxylic acids is 3. The molecule has 242 valence electrons. The average Bonchev–Trinajstić information content (AvgIpc) is 3.55. The molecule has 1 unspecified atom stereocenters. The van der Waals surface area contributed by atoms with Crippen LogP contribution in [0.2, 0.25) is 0 Å². The molecule has 48 heavy (non-hydrogen) atoms. The Morgan fingerprint density at radius 2 is 1.56 bits per heavy atom.